The van der Waals surface area contributed by atoms with Gasteiger partial charge in [0.25, 0.3) is 5.91 Å². The van der Waals surface area contributed by atoms with Gasteiger partial charge in [0, 0.05) is 28.3 Å². The molecule has 322 valence electrons. The van der Waals surface area contributed by atoms with Crippen LogP contribution >= 0.6 is 0 Å². The quantitative estimate of drug-likeness (QED) is 0.0976. The number of aliphatic hydroxyl groups excluding tert-OH is 6. The Bertz CT molecular complexity index is 2280. The third kappa shape index (κ3) is 6.83. The van der Waals surface area contributed by atoms with E-state index in [1.807, 2.05) is 0 Å². The van der Waals surface area contributed by atoms with Crippen molar-refractivity contribution >= 4 is 23.4 Å². The van der Waals surface area contributed by atoms with Crippen molar-refractivity contribution in [2.45, 2.75) is 94.3 Å². The Morgan fingerprint density at radius 2 is 1.43 bits per heavy atom. The van der Waals surface area contributed by atoms with E-state index in [0.717, 1.165) is 19.2 Å². The molecule has 2 aliphatic heterocycles. The molecule has 4 aliphatic rings. The molecule has 0 spiro atoms. The topological polar surface area (TPSA) is 318 Å². The van der Waals surface area contributed by atoms with Crippen LogP contribution in [0.1, 0.15) is 84.9 Å². The van der Waals surface area contributed by atoms with Gasteiger partial charge in [0.15, 0.2) is 24.1 Å². The summed E-state index contributed by atoms with van der Waals surface area (Å²) < 4.78 is 32.9. The van der Waals surface area contributed by atoms with E-state index >= 15 is 0 Å². The second kappa shape index (κ2) is 16.0. The van der Waals surface area contributed by atoms with Crippen molar-refractivity contribution in [3.63, 3.8) is 0 Å². The van der Waals surface area contributed by atoms with E-state index in [0.29, 0.717) is 0 Å². The number of phenolic OH excluding ortho intramolecular Hbond substituents is 3. The summed E-state index contributed by atoms with van der Waals surface area (Å²) in [7, 11) is 2.37. The smallest absolute Gasteiger partial charge is 0.328 e. The molecule has 60 heavy (non-hydrogen) atoms. The number of aryl methyl sites for hydroxylation is 1. The number of esters is 1. The minimum absolute atomic E-state index is 0.0134. The number of amides is 1. The van der Waals surface area contributed by atoms with Gasteiger partial charge in [-0.05, 0) is 49.6 Å². The number of ether oxygens (including phenoxy) is 6. The van der Waals surface area contributed by atoms with Crippen molar-refractivity contribution in [3.05, 3.63) is 68.8 Å². The van der Waals surface area contributed by atoms with E-state index in [-0.39, 0.29) is 33.6 Å². The SMILES string of the molecule is COC(=O)[C@@H](C)NC(=O)c1c(C)cc2c(c1O)-c1c(cc3c(c1O)C(=O)c1cc(OC)cc(O)c1C3=O)[C@H](O)[C@H]2O[C@@H]1O[C@H](C)[C@H](O)[C@H](O[C@@H]2OC[C@@H](O)[C@H](O)[C@H]2O)[C@H]1O. The Morgan fingerprint density at radius 1 is 0.783 bits per heavy atom. The predicted octanol–water partition coefficient (Wildman–Crippen LogP) is -0.750. The molecule has 3 aromatic rings. The maximum atomic E-state index is 14.1. The van der Waals surface area contributed by atoms with Crippen LogP contribution in [-0.2, 0) is 28.5 Å². The molecule has 0 aromatic heterocycles. The molecular weight excluding hydrogens is 798 g/mol. The molecule has 3 aromatic carbocycles. The first-order valence-electron chi connectivity index (χ1n) is 18.6. The molecule has 10 N–H and O–H groups in total. The molecule has 2 saturated heterocycles. The van der Waals surface area contributed by atoms with Gasteiger partial charge in [-0.2, -0.15) is 0 Å². The van der Waals surface area contributed by atoms with Crippen molar-refractivity contribution < 1.29 is 93.6 Å². The van der Waals surface area contributed by atoms with Gasteiger partial charge in [0.05, 0.1) is 43.6 Å². The normalized spacial score (nSPS) is 30.0. The molecule has 7 rings (SSSR count). The molecule has 0 unspecified atom stereocenters. The van der Waals surface area contributed by atoms with E-state index in [2.05, 4.69) is 5.32 Å². The number of carbonyl (C=O) groups is 4. The van der Waals surface area contributed by atoms with E-state index in [1.165, 1.54) is 40.0 Å². The summed E-state index contributed by atoms with van der Waals surface area (Å²) in [5.41, 5.74) is -3.38. The number of hydrogen-bond donors (Lipinski definition) is 10. The van der Waals surface area contributed by atoms with Crippen molar-refractivity contribution in [1.29, 1.82) is 0 Å². The van der Waals surface area contributed by atoms with Gasteiger partial charge < -0.3 is 79.7 Å². The molecule has 0 radical (unpaired) electrons. The lowest BCUT2D eigenvalue weighted by Crippen LogP contribution is -2.62. The maximum absolute atomic E-state index is 14.1. The molecule has 20 nitrogen and oxygen atoms in total. The lowest BCUT2D eigenvalue weighted by atomic mass is 9.74. The highest BCUT2D eigenvalue weighted by molar-refractivity contribution is 6.31. The van der Waals surface area contributed by atoms with Gasteiger partial charge >= 0.3 is 5.97 Å². The fourth-order valence-corrected chi connectivity index (χ4v) is 8.05. The molecule has 20 heteroatoms. The molecule has 0 saturated carbocycles. The number of nitrogens with one attached hydrogen (secondary N) is 1. The summed E-state index contributed by atoms with van der Waals surface area (Å²) in [4.78, 5) is 54.0. The Labute approximate surface area is 340 Å². The van der Waals surface area contributed by atoms with Gasteiger partial charge in [-0.25, -0.2) is 4.79 Å². The van der Waals surface area contributed by atoms with Crippen LogP contribution in [0.2, 0.25) is 0 Å². The third-order valence-corrected chi connectivity index (χ3v) is 11.2. The van der Waals surface area contributed by atoms with E-state index < -0.39 is 149 Å². The first kappa shape index (κ1) is 42.8. The number of carbonyl (C=O) groups excluding carboxylic acids is 4. The number of ketones is 2. The fourth-order valence-electron chi connectivity index (χ4n) is 8.05. The average molecular weight is 842 g/mol. The maximum Gasteiger partial charge on any atom is 0.328 e. The first-order valence-corrected chi connectivity index (χ1v) is 18.6. The molecule has 2 aliphatic carbocycles. The van der Waals surface area contributed by atoms with Crippen LogP contribution in [0, 0.1) is 6.92 Å². The van der Waals surface area contributed by atoms with E-state index in [4.69, 9.17) is 28.4 Å². The summed E-state index contributed by atoms with van der Waals surface area (Å²) in [6.07, 6.45) is -18.5. The van der Waals surface area contributed by atoms with Crippen LogP contribution in [0.25, 0.3) is 11.1 Å². The summed E-state index contributed by atoms with van der Waals surface area (Å²) in [5.74, 6) is -6.00. The number of phenols is 3. The van der Waals surface area contributed by atoms with Gasteiger partial charge in [-0.1, -0.05) is 6.07 Å². The molecule has 2 heterocycles. The number of aromatic hydroxyl groups is 3. The number of methoxy groups -OCH3 is 2. The summed E-state index contributed by atoms with van der Waals surface area (Å²) >= 11 is 0. The summed E-state index contributed by atoms with van der Waals surface area (Å²) in [6, 6.07) is 3.44. The molecule has 1 amide bonds. The van der Waals surface area contributed by atoms with Crippen molar-refractivity contribution in [2.24, 2.45) is 0 Å². The largest absolute Gasteiger partial charge is 0.507 e. The Balaban J connectivity index is 1.36. The summed E-state index contributed by atoms with van der Waals surface area (Å²) in [5, 5.41) is 103. The summed E-state index contributed by atoms with van der Waals surface area (Å²) in [6.45, 7) is 3.64. The number of aliphatic hydroxyl groups is 6. The van der Waals surface area contributed by atoms with Crippen LogP contribution < -0.4 is 10.1 Å². The van der Waals surface area contributed by atoms with Gasteiger partial charge in [-0.15, -0.1) is 0 Å². The number of fused-ring (bicyclic) bond motifs is 5. The molecular formula is C40H43NO19. The van der Waals surface area contributed by atoms with Gasteiger partial charge in [-0.3, -0.25) is 14.4 Å². The van der Waals surface area contributed by atoms with Crippen LogP contribution in [0.3, 0.4) is 0 Å². The van der Waals surface area contributed by atoms with Crippen LogP contribution in [0.15, 0.2) is 24.3 Å². The van der Waals surface area contributed by atoms with E-state index in [9.17, 15) is 65.1 Å². The highest BCUT2D eigenvalue weighted by atomic mass is 16.7. The average Bonchev–Trinajstić information content (AvgIpc) is 3.20. The highest BCUT2D eigenvalue weighted by Crippen LogP contribution is 2.57. The van der Waals surface area contributed by atoms with Crippen LogP contribution in [0.5, 0.6) is 23.0 Å². The number of rotatable bonds is 8. The zero-order valence-corrected chi connectivity index (χ0v) is 32.6. The number of hydrogen-bond acceptors (Lipinski definition) is 19. The van der Waals surface area contributed by atoms with Gasteiger partial charge in [0.2, 0.25) is 0 Å². The predicted molar refractivity (Wildman–Crippen MR) is 198 cm³/mol. The van der Waals surface area contributed by atoms with Crippen LogP contribution in [0.4, 0.5) is 0 Å². The fraction of sp³-hybridized carbons (Fsp3) is 0.450. The Hall–Kier alpha value is -5.26. The monoisotopic (exact) mass is 841 g/mol. The molecule has 12 atom stereocenters. The Kier molecular flexibility index (Phi) is 11.4. The van der Waals surface area contributed by atoms with Crippen LogP contribution in [-0.4, -0.2) is 152 Å². The van der Waals surface area contributed by atoms with Gasteiger partial charge in [0.1, 0.15) is 77.9 Å². The van der Waals surface area contributed by atoms with E-state index in [1.54, 1.807) is 0 Å². The van der Waals surface area contributed by atoms with Crippen molar-refractivity contribution in [2.75, 3.05) is 20.8 Å². The van der Waals surface area contributed by atoms with Crippen molar-refractivity contribution in [1.82, 2.24) is 5.32 Å². The number of benzene rings is 3. The lowest BCUT2D eigenvalue weighted by Gasteiger charge is -2.45. The minimum Gasteiger partial charge on any atom is -0.507 e. The zero-order valence-electron chi connectivity index (χ0n) is 32.6. The second-order valence-electron chi connectivity index (χ2n) is 15.0. The third-order valence-electron chi connectivity index (χ3n) is 11.2. The highest BCUT2D eigenvalue weighted by Gasteiger charge is 2.51. The van der Waals surface area contributed by atoms with Crippen molar-refractivity contribution in [3.8, 4) is 34.1 Å². The standard InChI is InChI=1S/C40H43NO19/c1-11-6-18-24(31(49)21(11)37(53)41-12(2)38(54)56-5)23-16(9-17-25(32(23)50)28(46)15-7-14(55-4)8-19(42)22(15)27(17)45)29(47)35(18)59-40-34(52)36(26(44)13(3)58-40)60-39-33(51)30(48)20(43)10-57-39/h6-9,12-13,20,26,29-30,33-36,39-40,42-44,47-52H,10H2,1-5H3,(H,41,53)/t12-,13-,20-,26+,29+,30+,33-,34-,35+,36+,39+,40+/m1/s1. The zero-order chi connectivity index (χ0) is 43.8. The molecule has 2 fully saturated rings. The second-order valence-corrected chi connectivity index (χ2v) is 15.0. The first-order chi connectivity index (χ1) is 28.3. The Morgan fingerprint density at radius 3 is 2.10 bits per heavy atom. The minimum atomic E-state index is -1.94. The molecule has 0 bridgehead atoms. The lowest BCUT2D eigenvalue weighted by molar-refractivity contribution is -0.353.